The average molecular weight is 473 g/mol. The van der Waals surface area contributed by atoms with Gasteiger partial charge in [0.25, 0.3) is 5.91 Å². The second-order valence-corrected chi connectivity index (χ2v) is 7.82. The van der Waals surface area contributed by atoms with Crippen LogP contribution >= 0.6 is 0 Å². The molecule has 4 heterocycles. The first-order chi connectivity index (χ1) is 16.1. The lowest BCUT2D eigenvalue weighted by Crippen LogP contribution is -2.43. The Kier molecular flexibility index (Phi) is 6.20. The van der Waals surface area contributed by atoms with Gasteiger partial charge in [-0.25, -0.2) is 15.0 Å². The monoisotopic (exact) mass is 473 g/mol. The summed E-state index contributed by atoms with van der Waals surface area (Å²) in [5, 5.41) is 2.71. The quantitative estimate of drug-likeness (QED) is 0.445. The lowest BCUT2D eigenvalue weighted by molar-refractivity contribution is -0.140. The molecule has 3 aromatic heterocycles. The van der Waals surface area contributed by atoms with Crippen LogP contribution in [0.4, 0.5) is 36.2 Å². The molecule has 4 rings (SSSR count). The van der Waals surface area contributed by atoms with Crippen LogP contribution in [0.2, 0.25) is 0 Å². The number of amides is 1. The van der Waals surface area contributed by atoms with Crippen LogP contribution in [-0.2, 0) is 6.18 Å². The van der Waals surface area contributed by atoms with Crippen molar-refractivity contribution in [3.63, 3.8) is 0 Å². The molecule has 0 radical (unpaired) electrons. The molecule has 1 aliphatic rings. The average Bonchev–Trinajstić information content (AvgIpc) is 2.79. The van der Waals surface area contributed by atoms with Gasteiger partial charge in [0, 0.05) is 37.1 Å². The maximum atomic E-state index is 13.5. The second-order valence-electron chi connectivity index (χ2n) is 7.82. The van der Waals surface area contributed by atoms with E-state index in [2.05, 4.69) is 25.3 Å². The molecule has 0 bridgehead atoms. The van der Waals surface area contributed by atoms with Gasteiger partial charge < -0.3 is 27.4 Å². The number of pyridine rings is 2. The minimum absolute atomic E-state index is 0.00409. The number of nitrogens with two attached hydrogens (primary N) is 3. The topological polar surface area (TPSA) is 162 Å². The fourth-order valence-corrected chi connectivity index (χ4v) is 3.77. The Morgan fingerprint density at radius 2 is 1.94 bits per heavy atom. The highest BCUT2D eigenvalue weighted by Crippen LogP contribution is 2.35. The Hall–Kier alpha value is -4.00. The van der Waals surface area contributed by atoms with Gasteiger partial charge >= 0.3 is 6.18 Å². The first-order valence-electron chi connectivity index (χ1n) is 10.4. The first kappa shape index (κ1) is 23.2. The fourth-order valence-electron chi connectivity index (χ4n) is 3.77. The summed E-state index contributed by atoms with van der Waals surface area (Å²) >= 11 is 0. The van der Waals surface area contributed by atoms with Crippen molar-refractivity contribution in [3.05, 3.63) is 48.2 Å². The Balaban J connectivity index is 1.67. The zero-order chi connectivity index (χ0) is 24.5. The number of alkyl halides is 3. The lowest BCUT2D eigenvalue weighted by Gasteiger charge is -2.33. The number of aromatic nitrogens is 4. The first-order valence-corrected chi connectivity index (χ1v) is 10.4. The number of nitrogen functional groups attached to an aromatic ring is 2. The zero-order valence-corrected chi connectivity index (χ0v) is 17.9. The third kappa shape index (κ3) is 4.83. The van der Waals surface area contributed by atoms with Gasteiger partial charge in [-0.2, -0.15) is 13.2 Å². The molecule has 13 heteroatoms. The zero-order valence-electron chi connectivity index (χ0n) is 17.9. The van der Waals surface area contributed by atoms with E-state index in [4.69, 9.17) is 17.2 Å². The lowest BCUT2D eigenvalue weighted by atomic mass is 10.1. The summed E-state index contributed by atoms with van der Waals surface area (Å²) < 4.78 is 40.5. The van der Waals surface area contributed by atoms with Crippen LogP contribution < -0.4 is 27.4 Å². The molecule has 0 aromatic carbocycles. The van der Waals surface area contributed by atoms with Gasteiger partial charge in [0.1, 0.15) is 0 Å². The van der Waals surface area contributed by atoms with Crippen LogP contribution in [0.3, 0.4) is 0 Å². The van der Waals surface area contributed by atoms with Crippen molar-refractivity contribution in [2.45, 2.75) is 25.1 Å². The number of hydrogen-bond acceptors (Lipinski definition) is 9. The summed E-state index contributed by atoms with van der Waals surface area (Å²) in [5.74, 6) is -1.24. The predicted molar refractivity (Wildman–Crippen MR) is 121 cm³/mol. The smallest absolute Gasteiger partial charge is 0.397 e. The summed E-state index contributed by atoms with van der Waals surface area (Å²) in [6, 6.07) is 4.30. The van der Waals surface area contributed by atoms with Crippen LogP contribution in [0, 0.1) is 0 Å². The number of piperidine rings is 1. The van der Waals surface area contributed by atoms with Crippen molar-refractivity contribution in [1.29, 1.82) is 0 Å². The van der Waals surface area contributed by atoms with Gasteiger partial charge in [0.05, 0.1) is 29.0 Å². The molecule has 7 N–H and O–H groups in total. The van der Waals surface area contributed by atoms with E-state index in [-0.39, 0.29) is 23.1 Å². The fraction of sp³-hybridized carbons (Fsp3) is 0.286. The Bertz CT molecular complexity index is 1220. The molecule has 0 unspecified atom stereocenters. The molecule has 1 aliphatic heterocycles. The minimum atomic E-state index is -4.81. The van der Waals surface area contributed by atoms with Crippen molar-refractivity contribution in [2.24, 2.45) is 5.73 Å². The van der Waals surface area contributed by atoms with E-state index in [1.807, 2.05) is 4.90 Å². The van der Waals surface area contributed by atoms with E-state index in [0.29, 0.717) is 12.2 Å². The maximum Gasteiger partial charge on any atom is 0.434 e. The van der Waals surface area contributed by atoms with E-state index < -0.39 is 29.3 Å². The SMILES string of the molecule is Nc1ncc(-c2ccc(N)c(C(=O)Nc3cnccc3N3CCC[C@H](N)C3)n2)c(C(F)(F)F)n1. The van der Waals surface area contributed by atoms with Gasteiger partial charge in [-0.1, -0.05) is 0 Å². The minimum Gasteiger partial charge on any atom is -0.397 e. The van der Waals surface area contributed by atoms with Crippen molar-refractivity contribution < 1.29 is 18.0 Å². The third-order valence-electron chi connectivity index (χ3n) is 5.34. The Morgan fingerprint density at radius 3 is 2.68 bits per heavy atom. The molecular formula is C21H22F3N9O. The molecule has 34 heavy (non-hydrogen) atoms. The maximum absolute atomic E-state index is 13.5. The number of carbonyl (C=O) groups is 1. The van der Waals surface area contributed by atoms with Crippen LogP contribution in [0.25, 0.3) is 11.3 Å². The highest BCUT2D eigenvalue weighted by molar-refractivity contribution is 6.08. The molecular weight excluding hydrogens is 451 g/mol. The van der Waals surface area contributed by atoms with Gasteiger partial charge in [-0.3, -0.25) is 9.78 Å². The predicted octanol–water partition coefficient (Wildman–Crippen LogP) is 2.30. The molecule has 0 saturated carbocycles. The summed E-state index contributed by atoms with van der Waals surface area (Å²) in [6.07, 6.45) is 0.979. The van der Waals surface area contributed by atoms with Gasteiger partial charge in [0.15, 0.2) is 11.4 Å². The van der Waals surface area contributed by atoms with Crippen molar-refractivity contribution in [2.75, 3.05) is 34.8 Å². The van der Waals surface area contributed by atoms with Crippen molar-refractivity contribution >= 4 is 28.9 Å². The number of carbonyl (C=O) groups excluding carboxylic acids is 1. The highest BCUT2D eigenvalue weighted by Gasteiger charge is 2.37. The molecule has 0 spiro atoms. The van der Waals surface area contributed by atoms with Gasteiger partial charge in [0.2, 0.25) is 5.95 Å². The molecule has 10 nitrogen and oxygen atoms in total. The van der Waals surface area contributed by atoms with Crippen molar-refractivity contribution in [3.8, 4) is 11.3 Å². The van der Waals surface area contributed by atoms with Gasteiger partial charge in [-0.15, -0.1) is 0 Å². The van der Waals surface area contributed by atoms with E-state index in [1.165, 1.54) is 18.3 Å². The van der Waals surface area contributed by atoms with E-state index in [1.54, 1.807) is 12.3 Å². The summed E-state index contributed by atoms with van der Waals surface area (Å²) in [7, 11) is 0. The van der Waals surface area contributed by atoms with Crippen LogP contribution in [-0.4, -0.2) is 45.0 Å². The Morgan fingerprint density at radius 1 is 1.15 bits per heavy atom. The molecule has 1 atom stereocenters. The molecule has 1 fully saturated rings. The standard InChI is InChI=1S/C21H22F3N9O/c22-21(23,24)18-12(8-29-20(27)32-18)14-4-3-13(26)17(30-14)19(34)31-15-9-28-6-5-16(15)33-7-1-2-11(25)10-33/h3-6,8-9,11H,1-2,7,10,25-26H2,(H,31,34)(H2,27,29,32)/t11-/m0/s1. The van der Waals surface area contributed by atoms with Crippen molar-refractivity contribution in [1.82, 2.24) is 19.9 Å². The van der Waals surface area contributed by atoms with Crippen LogP contribution in [0.15, 0.2) is 36.8 Å². The second kappa shape index (κ2) is 9.09. The molecule has 1 saturated heterocycles. The van der Waals surface area contributed by atoms with E-state index in [0.717, 1.165) is 31.3 Å². The van der Waals surface area contributed by atoms with Gasteiger partial charge in [-0.05, 0) is 31.0 Å². The van der Waals surface area contributed by atoms with E-state index >= 15 is 0 Å². The molecule has 1 amide bonds. The number of hydrogen-bond donors (Lipinski definition) is 4. The van der Waals surface area contributed by atoms with Crippen LogP contribution in [0.5, 0.6) is 0 Å². The van der Waals surface area contributed by atoms with E-state index in [9.17, 15) is 18.0 Å². The number of nitrogens with zero attached hydrogens (tertiary/aromatic N) is 5. The number of anilines is 4. The third-order valence-corrected chi connectivity index (χ3v) is 5.34. The Labute approximate surface area is 192 Å². The summed E-state index contributed by atoms with van der Waals surface area (Å²) in [5.41, 5.74) is 16.3. The summed E-state index contributed by atoms with van der Waals surface area (Å²) in [4.78, 5) is 30.2. The normalized spacial score (nSPS) is 16.4. The largest absolute Gasteiger partial charge is 0.434 e. The molecule has 178 valence electrons. The highest BCUT2D eigenvalue weighted by atomic mass is 19.4. The number of nitrogens with one attached hydrogen (secondary N) is 1. The van der Waals surface area contributed by atoms with Crippen LogP contribution in [0.1, 0.15) is 29.0 Å². The molecule has 3 aromatic rings. The summed E-state index contributed by atoms with van der Waals surface area (Å²) in [6.45, 7) is 1.37. The molecule has 0 aliphatic carbocycles. The number of rotatable bonds is 4. The number of halogens is 3.